The molecule has 1 aliphatic heterocycles. The predicted molar refractivity (Wildman–Crippen MR) is 81.5 cm³/mol. The Morgan fingerprint density at radius 1 is 1.30 bits per heavy atom. The fraction of sp³-hybridized carbons (Fsp3) is 0.786. The average Bonchev–Trinajstić information content (AvgIpc) is 2.85. The second-order valence-electron chi connectivity index (χ2n) is 6.77. The molecule has 0 amide bonds. The Kier molecular flexibility index (Phi) is 4.56. The van der Waals surface area contributed by atoms with Crippen LogP contribution in [0.3, 0.4) is 0 Å². The molecule has 114 valence electrons. The molecule has 0 unspecified atom stereocenters. The molecule has 0 radical (unpaired) electrons. The van der Waals surface area contributed by atoms with Crippen LogP contribution in [0.1, 0.15) is 26.5 Å². The molecule has 1 aliphatic rings. The van der Waals surface area contributed by atoms with Crippen molar-refractivity contribution in [1.82, 2.24) is 4.98 Å². The Morgan fingerprint density at radius 3 is 2.55 bits per heavy atom. The molecule has 1 fully saturated rings. The van der Waals surface area contributed by atoms with Crippen LogP contribution in [-0.4, -0.2) is 39.6 Å². The average molecular weight is 298 g/mol. The third-order valence-corrected chi connectivity index (χ3v) is 8.69. The molecular formula is C14H26N2O3Si. The van der Waals surface area contributed by atoms with Crippen molar-refractivity contribution in [2.75, 3.05) is 31.2 Å². The molecule has 1 saturated heterocycles. The molecule has 0 N–H and O–H groups in total. The van der Waals surface area contributed by atoms with Crippen molar-refractivity contribution < 1.29 is 13.6 Å². The number of ether oxygens (including phenoxy) is 1. The van der Waals surface area contributed by atoms with Crippen LogP contribution in [0.2, 0.25) is 18.1 Å². The van der Waals surface area contributed by atoms with Gasteiger partial charge in [-0.05, 0) is 18.1 Å². The number of oxazole rings is 1. The highest BCUT2D eigenvalue weighted by molar-refractivity contribution is 6.74. The first-order valence-corrected chi connectivity index (χ1v) is 10.1. The van der Waals surface area contributed by atoms with Gasteiger partial charge in [0.25, 0.3) is 6.01 Å². The van der Waals surface area contributed by atoms with Gasteiger partial charge in [0.05, 0.1) is 19.8 Å². The van der Waals surface area contributed by atoms with Crippen molar-refractivity contribution in [3.05, 3.63) is 12.0 Å². The molecule has 6 heteroatoms. The molecule has 0 aromatic carbocycles. The van der Waals surface area contributed by atoms with Crippen LogP contribution >= 0.6 is 0 Å². The summed E-state index contributed by atoms with van der Waals surface area (Å²) < 4.78 is 17.0. The summed E-state index contributed by atoms with van der Waals surface area (Å²) in [6, 6.07) is 0.683. The largest absolute Gasteiger partial charge is 0.432 e. The first-order valence-electron chi connectivity index (χ1n) is 7.21. The van der Waals surface area contributed by atoms with Crippen LogP contribution < -0.4 is 4.90 Å². The van der Waals surface area contributed by atoms with E-state index in [2.05, 4.69) is 43.7 Å². The summed E-state index contributed by atoms with van der Waals surface area (Å²) in [6.45, 7) is 14.9. The highest BCUT2D eigenvalue weighted by Gasteiger charge is 2.37. The van der Waals surface area contributed by atoms with E-state index in [-0.39, 0.29) is 5.04 Å². The maximum absolute atomic E-state index is 6.15. The van der Waals surface area contributed by atoms with Crippen LogP contribution in [0.5, 0.6) is 0 Å². The molecule has 20 heavy (non-hydrogen) atoms. The van der Waals surface area contributed by atoms with Gasteiger partial charge in [-0.3, -0.25) is 0 Å². The number of hydrogen-bond donors (Lipinski definition) is 0. The monoisotopic (exact) mass is 298 g/mol. The number of aromatic nitrogens is 1. The molecule has 1 aromatic heterocycles. The summed E-state index contributed by atoms with van der Waals surface area (Å²) in [5, 5.41) is 0.212. The number of nitrogens with zero attached hydrogens (tertiary/aromatic N) is 2. The van der Waals surface area contributed by atoms with Crippen molar-refractivity contribution in [3.63, 3.8) is 0 Å². The summed E-state index contributed by atoms with van der Waals surface area (Å²) in [6.07, 6.45) is 1.71. The highest BCUT2D eigenvalue weighted by atomic mass is 28.4. The van der Waals surface area contributed by atoms with E-state index < -0.39 is 8.32 Å². The quantitative estimate of drug-likeness (QED) is 0.800. The smallest absolute Gasteiger partial charge is 0.297 e. The van der Waals surface area contributed by atoms with Gasteiger partial charge in [-0.15, -0.1) is 0 Å². The van der Waals surface area contributed by atoms with Crippen LogP contribution in [0.25, 0.3) is 0 Å². The maximum atomic E-state index is 6.15. The SMILES string of the molecule is CC(C)(C)[Si](C)(C)OCc1coc(N2CCOCC2)n1. The summed E-state index contributed by atoms with van der Waals surface area (Å²) in [7, 11) is -1.73. The first kappa shape index (κ1) is 15.5. The Hall–Kier alpha value is -0.853. The van der Waals surface area contributed by atoms with Gasteiger partial charge in [-0.25, -0.2) is 0 Å². The van der Waals surface area contributed by atoms with E-state index in [1.807, 2.05) is 0 Å². The topological polar surface area (TPSA) is 47.7 Å². The van der Waals surface area contributed by atoms with Crippen molar-refractivity contribution in [2.45, 2.75) is 45.5 Å². The van der Waals surface area contributed by atoms with Crippen molar-refractivity contribution >= 4 is 14.3 Å². The lowest BCUT2D eigenvalue weighted by atomic mass is 10.2. The summed E-state index contributed by atoms with van der Waals surface area (Å²) in [5.41, 5.74) is 0.872. The van der Waals surface area contributed by atoms with E-state index in [9.17, 15) is 0 Å². The summed E-state index contributed by atoms with van der Waals surface area (Å²) >= 11 is 0. The van der Waals surface area contributed by atoms with Gasteiger partial charge < -0.3 is 18.5 Å². The molecule has 0 bridgehead atoms. The molecule has 2 heterocycles. The van der Waals surface area contributed by atoms with Crippen LogP contribution in [0.4, 0.5) is 6.01 Å². The molecule has 2 rings (SSSR count). The van der Waals surface area contributed by atoms with Crippen LogP contribution in [0.15, 0.2) is 10.7 Å². The van der Waals surface area contributed by atoms with Gasteiger partial charge in [0, 0.05) is 13.1 Å². The van der Waals surface area contributed by atoms with E-state index in [0.29, 0.717) is 12.6 Å². The van der Waals surface area contributed by atoms with Gasteiger partial charge in [-0.2, -0.15) is 4.98 Å². The minimum atomic E-state index is -1.73. The van der Waals surface area contributed by atoms with E-state index in [1.165, 1.54) is 0 Å². The third kappa shape index (κ3) is 3.62. The highest BCUT2D eigenvalue weighted by Crippen LogP contribution is 2.37. The second-order valence-corrected chi connectivity index (χ2v) is 11.6. The molecule has 0 spiro atoms. The van der Waals surface area contributed by atoms with Crippen molar-refractivity contribution in [1.29, 1.82) is 0 Å². The fourth-order valence-corrected chi connectivity index (χ4v) is 2.68. The molecule has 5 nitrogen and oxygen atoms in total. The van der Waals surface area contributed by atoms with Crippen LogP contribution in [-0.2, 0) is 15.8 Å². The van der Waals surface area contributed by atoms with Crippen molar-refractivity contribution in [2.24, 2.45) is 0 Å². The predicted octanol–water partition coefficient (Wildman–Crippen LogP) is 3.03. The zero-order valence-corrected chi connectivity index (χ0v) is 14.2. The number of rotatable bonds is 4. The standard InChI is InChI=1S/C14H26N2O3Si/c1-14(2,3)20(4,5)19-11-12-10-18-13(15-12)16-6-8-17-9-7-16/h10H,6-9,11H2,1-5H3. The molecular weight excluding hydrogens is 272 g/mol. The van der Waals surface area contributed by atoms with Gasteiger partial charge >= 0.3 is 0 Å². The molecule has 0 saturated carbocycles. The first-order chi connectivity index (χ1) is 9.29. The molecule has 0 atom stereocenters. The fourth-order valence-electron chi connectivity index (χ4n) is 1.73. The minimum absolute atomic E-state index is 0.212. The van der Waals surface area contributed by atoms with Gasteiger partial charge in [-0.1, -0.05) is 20.8 Å². The molecule has 1 aromatic rings. The summed E-state index contributed by atoms with van der Waals surface area (Å²) in [5.74, 6) is 0. The Balaban J connectivity index is 1.93. The van der Waals surface area contributed by atoms with E-state index in [1.54, 1.807) is 6.26 Å². The Labute approximate surface area is 122 Å². The van der Waals surface area contributed by atoms with E-state index in [4.69, 9.17) is 13.6 Å². The van der Waals surface area contributed by atoms with Gasteiger partial charge in [0.15, 0.2) is 8.32 Å². The lowest BCUT2D eigenvalue weighted by Gasteiger charge is -2.35. The van der Waals surface area contributed by atoms with Crippen molar-refractivity contribution in [3.8, 4) is 0 Å². The Morgan fingerprint density at radius 2 is 1.95 bits per heavy atom. The summed E-state index contributed by atoms with van der Waals surface area (Å²) in [4.78, 5) is 6.63. The van der Waals surface area contributed by atoms with Gasteiger partial charge in [0.2, 0.25) is 0 Å². The third-order valence-electron chi connectivity index (χ3n) is 4.21. The molecule has 0 aliphatic carbocycles. The normalized spacial score (nSPS) is 17.6. The van der Waals surface area contributed by atoms with Crippen LogP contribution in [0, 0.1) is 0 Å². The number of hydrogen-bond acceptors (Lipinski definition) is 5. The van der Waals surface area contributed by atoms with Gasteiger partial charge in [0.1, 0.15) is 12.0 Å². The zero-order chi connectivity index (χ0) is 14.8. The minimum Gasteiger partial charge on any atom is -0.432 e. The zero-order valence-electron chi connectivity index (χ0n) is 13.2. The van der Waals surface area contributed by atoms with E-state index >= 15 is 0 Å². The lowest BCUT2D eigenvalue weighted by molar-refractivity contribution is 0.120. The lowest BCUT2D eigenvalue weighted by Crippen LogP contribution is -2.40. The number of anilines is 1. The van der Waals surface area contributed by atoms with E-state index in [0.717, 1.165) is 32.0 Å². The second kappa shape index (κ2) is 5.87. The number of morpholine rings is 1. The maximum Gasteiger partial charge on any atom is 0.297 e. The Bertz CT molecular complexity index is 434.